The number of carbonyl (C=O) groups excluding carboxylic acids is 3. The number of benzene rings is 1. The quantitative estimate of drug-likeness (QED) is 0.372. The number of hydrogen-bond acceptors (Lipinski definition) is 5. The average Bonchev–Trinajstić information content (AvgIpc) is 3.53. The zero-order valence-corrected chi connectivity index (χ0v) is 18.8. The predicted octanol–water partition coefficient (Wildman–Crippen LogP) is 3.85. The summed E-state index contributed by atoms with van der Waals surface area (Å²) < 4.78 is 0. The van der Waals surface area contributed by atoms with Gasteiger partial charge in [0.2, 0.25) is 0 Å². The van der Waals surface area contributed by atoms with E-state index in [1.807, 2.05) is 48.7 Å². The molecule has 0 bridgehead atoms. The van der Waals surface area contributed by atoms with Crippen molar-refractivity contribution in [2.45, 2.75) is 13.0 Å². The molecule has 166 valence electrons. The lowest BCUT2D eigenvalue weighted by Gasteiger charge is -2.39. The number of H-pyrrole nitrogens is 1. The van der Waals surface area contributed by atoms with Crippen LogP contribution in [0.25, 0.3) is 21.5 Å². The molecule has 4 aromatic rings. The second kappa shape index (κ2) is 8.63. The van der Waals surface area contributed by atoms with Crippen LogP contribution in [0, 0.1) is 0 Å². The van der Waals surface area contributed by atoms with Crippen LogP contribution < -0.4 is 0 Å². The lowest BCUT2D eigenvalue weighted by molar-refractivity contribution is -0.130. The van der Waals surface area contributed by atoms with Crippen molar-refractivity contribution in [2.75, 3.05) is 19.6 Å². The monoisotopic (exact) mass is 458 g/mol. The molecule has 1 aromatic carbocycles. The van der Waals surface area contributed by atoms with E-state index in [2.05, 4.69) is 9.97 Å². The number of fused-ring (bicyclic) bond motifs is 1. The lowest BCUT2D eigenvalue weighted by atomic mass is 10.1. The number of thiophene rings is 1. The third-order valence-electron chi connectivity index (χ3n) is 5.99. The van der Waals surface area contributed by atoms with Crippen LogP contribution in [0.1, 0.15) is 27.6 Å². The number of hydrogen-bond donors (Lipinski definition) is 1. The highest BCUT2D eigenvalue weighted by molar-refractivity contribution is 7.13. The summed E-state index contributed by atoms with van der Waals surface area (Å²) in [7, 11) is 0. The van der Waals surface area contributed by atoms with Gasteiger partial charge in [0.05, 0.1) is 16.6 Å². The van der Waals surface area contributed by atoms with Crippen molar-refractivity contribution in [3.05, 3.63) is 77.4 Å². The molecule has 0 aliphatic carbocycles. The number of nitrogens with one attached hydrogen (secondary N) is 1. The highest BCUT2D eigenvalue weighted by atomic mass is 32.1. The van der Waals surface area contributed by atoms with Crippen LogP contribution in [-0.4, -0.2) is 63.0 Å². The van der Waals surface area contributed by atoms with Crippen molar-refractivity contribution in [2.24, 2.45) is 0 Å². The molecule has 1 atom stereocenters. The Balaban J connectivity index is 1.34. The number of pyridine rings is 1. The Morgan fingerprint density at radius 3 is 2.61 bits per heavy atom. The van der Waals surface area contributed by atoms with Crippen molar-refractivity contribution in [1.82, 2.24) is 19.8 Å². The summed E-state index contributed by atoms with van der Waals surface area (Å²) in [6.07, 6.45) is 3.22. The first-order valence-corrected chi connectivity index (χ1v) is 11.6. The molecule has 1 aliphatic heterocycles. The molecular formula is C25H22N4O3S. The van der Waals surface area contributed by atoms with Gasteiger partial charge >= 0.3 is 0 Å². The van der Waals surface area contributed by atoms with Crippen LogP contribution in [0.5, 0.6) is 0 Å². The molecule has 1 fully saturated rings. The van der Waals surface area contributed by atoms with Crippen molar-refractivity contribution < 1.29 is 14.4 Å². The Morgan fingerprint density at radius 1 is 1.06 bits per heavy atom. The first kappa shape index (κ1) is 21.1. The van der Waals surface area contributed by atoms with Gasteiger partial charge in [0.1, 0.15) is 0 Å². The Labute approximate surface area is 194 Å². The van der Waals surface area contributed by atoms with Crippen molar-refractivity contribution >= 4 is 40.0 Å². The molecule has 2 amide bonds. The molecule has 1 unspecified atom stereocenters. The zero-order valence-electron chi connectivity index (χ0n) is 18.0. The van der Waals surface area contributed by atoms with Crippen molar-refractivity contribution in [3.8, 4) is 10.4 Å². The summed E-state index contributed by atoms with van der Waals surface area (Å²) in [5, 5.41) is 1.99. The maximum Gasteiger partial charge on any atom is 0.295 e. The number of Topliss-reactive ketones (excluding diaryl/α,β-unsaturated/α-hetero) is 1. The number of aromatic amines is 1. The van der Waals surface area contributed by atoms with E-state index in [0.717, 1.165) is 16.0 Å². The molecule has 1 aliphatic rings. The minimum atomic E-state index is -0.591. The van der Waals surface area contributed by atoms with Gasteiger partial charge in [-0.05, 0) is 36.6 Å². The van der Waals surface area contributed by atoms with Crippen molar-refractivity contribution in [3.63, 3.8) is 0 Å². The summed E-state index contributed by atoms with van der Waals surface area (Å²) >= 11 is 1.60. The van der Waals surface area contributed by atoms with Crippen LogP contribution in [0.4, 0.5) is 0 Å². The molecule has 8 heteroatoms. The first-order chi connectivity index (χ1) is 16.0. The second-order valence-electron chi connectivity index (χ2n) is 8.06. The molecule has 3 aromatic heterocycles. The highest BCUT2D eigenvalue weighted by Gasteiger charge is 2.34. The molecule has 1 N–H and O–H groups in total. The molecule has 0 spiro atoms. The van der Waals surface area contributed by atoms with E-state index in [-0.39, 0.29) is 17.5 Å². The SMILES string of the molecule is CC1CN(C(=O)c2ccccc2)CCN1C(=O)C(=O)c1c[nH]c2c(-c3cccs3)ccnc12. The Kier molecular flexibility index (Phi) is 5.51. The fourth-order valence-electron chi connectivity index (χ4n) is 4.29. The van der Waals surface area contributed by atoms with E-state index >= 15 is 0 Å². The molecule has 0 saturated carbocycles. The van der Waals surface area contributed by atoms with Gasteiger partial charge in [0, 0.05) is 54.1 Å². The van der Waals surface area contributed by atoms with E-state index in [1.54, 1.807) is 45.7 Å². The normalized spacial score (nSPS) is 16.2. The van der Waals surface area contributed by atoms with Gasteiger partial charge in [-0.25, -0.2) is 0 Å². The molecule has 1 saturated heterocycles. The molecule has 5 rings (SSSR count). The third-order valence-corrected chi connectivity index (χ3v) is 6.89. The number of amides is 2. The Bertz CT molecular complexity index is 1330. The fraction of sp³-hybridized carbons (Fsp3) is 0.200. The Morgan fingerprint density at radius 2 is 1.88 bits per heavy atom. The van der Waals surface area contributed by atoms with Gasteiger partial charge in [0.25, 0.3) is 17.6 Å². The van der Waals surface area contributed by atoms with E-state index in [9.17, 15) is 14.4 Å². The van der Waals surface area contributed by atoms with Gasteiger partial charge < -0.3 is 14.8 Å². The summed E-state index contributed by atoms with van der Waals surface area (Å²) in [6, 6.07) is 14.7. The number of nitrogens with zero attached hydrogens (tertiary/aromatic N) is 3. The number of carbonyl (C=O) groups is 3. The number of rotatable bonds is 4. The highest BCUT2D eigenvalue weighted by Crippen LogP contribution is 2.31. The fourth-order valence-corrected chi connectivity index (χ4v) is 5.05. The van der Waals surface area contributed by atoms with Crippen LogP contribution in [0.3, 0.4) is 0 Å². The van der Waals surface area contributed by atoms with Gasteiger partial charge in [-0.1, -0.05) is 24.3 Å². The zero-order chi connectivity index (χ0) is 22.9. The predicted molar refractivity (Wildman–Crippen MR) is 127 cm³/mol. The topological polar surface area (TPSA) is 86.4 Å². The summed E-state index contributed by atoms with van der Waals surface area (Å²) in [5.41, 5.74) is 3.06. The lowest BCUT2D eigenvalue weighted by Crippen LogP contribution is -2.56. The number of piperazine rings is 1. The minimum Gasteiger partial charge on any atom is -0.359 e. The van der Waals surface area contributed by atoms with Crippen LogP contribution in [0.15, 0.2) is 66.3 Å². The van der Waals surface area contributed by atoms with Crippen LogP contribution in [0.2, 0.25) is 0 Å². The molecule has 4 heterocycles. The molecular weight excluding hydrogens is 436 g/mol. The summed E-state index contributed by atoms with van der Waals surface area (Å²) in [6.45, 7) is 2.92. The smallest absolute Gasteiger partial charge is 0.295 e. The van der Waals surface area contributed by atoms with Crippen LogP contribution >= 0.6 is 11.3 Å². The van der Waals surface area contributed by atoms with Gasteiger partial charge in [-0.15, -0.1) is 11.3 Å². The third kappa shape index (κ3) is 3.82. The standard InChI is InChI=1S/C25H22N4O3S/c1-16-15-28(24(31)17-6-3-2-4-7-17)11-12-29(16)25(32)23(30)19-14-27-21-18(9-10-26-22(19)21)20-8-5-13-33-20/h2-10,13-14,16,27H,11-12,15H2,1H3. The Hall–Kier alpha value is -3.78. The minimum absolute atomic E-state index is 0.0668. The molecule has 33 heavy (non-hydrogen) atoms. The van der Waals surface area contributed by atoms with Gasteiger partial charge in [-0.2, -0.15) is 0 Å². The summed E-state index contributed by atoms with van der Waals surface area (Å²) in [5.74, 6) is -1.23. The molecule has 0 radical (unpaired) electrons. The average molecular weight is 459 g/mol. The first-order valence-electron chi connectivity index (χ1n) is 10.7. The van der Waals surface area contributed by atoms with Crippen molar-refractivity contribution in [1.29, 1.82) is 0 Å². The van der Waals surface area contributed by atoms with Gasteiger partial charge in [0.15, 0.2) is 0 Å². The number of ketones is 1. The van der Waals surface area contributed by atoms with Crippen LogP contribution in [-0.2, 0) is 4.79 Å². The maximum absolute atomic E-state index is 13.2. The van der Waals surface area contributed by atoms with E-state index in [4.69, 9.17) is 0 Å². The second-order valence-corrected chi connectivity index (χ2v) is 9.00. The number of aromatic nitrogens is 2. The summed E-state index contributed by atoms with van der Waals surface area (Å²) in [4.78, 5) is 50.9. The van der Waals surface area contributed by atoms with E-state index in [1.165, 1.54) is 0 Å². The largest absolute Gasteiger partial charge is 0.359 e. The molecule has 7 nitrogen and oxygen atoms in total. The van der Waals surface area contributed by atoms with Gasteiger partial charge in [-0.3, -0.25) is 19.4 Å². The van der Waals surface area contributed by atoms with E-state index < -0.39 is 11.7 Å². The maximum atomic E-state index is 13.2. The van der Waals surface area contributed by atoms with E-state index in [0.29, 0.717) is 30.7 Å².